The van der Waals surface area contributed by atoms with Crippen molar-refractivity contribution >= 4 is 0 Å². The Balaban J connectivity index is 2.69. The molecule has 1 aliphatic carbocycles. The van der Waals surface area contributed by atoms with E-state index in [-0.39, 0.29) is 5.92 Å². The van der Waals surface area contributed by atoms with Gasteiger partial charge in [0.2, 0.25) is 0 Å². The molecule has 66 valence electrons. The molecule has 1 aliphatic rings. The van der Waals surface area contributed by atoms with E-state index in [1.165, 1.54) is 6.92 Å². The first-order valence-corrected chi connectivity index (χ1v) is 3.92. The van der Waals surface area contributed by atoms with Gasteiger partial charge in [0, 0.05) is 0 Å². The summed E-state index contributed by atoms with van der Waals surface area (Å²) >= 11 is 0. The van der Waals surface area contributed by atoms with Gasteiger partial charge in [-0.1, -0.05) is 13.8 Å². The molecule has 3 heteroatoms. The van der Waals surface area contributed by atoms with Crippen LogP contribution in [0.2, 0.25) is 0 Å². The van der Waals surface area contributed by atoms with Crippen molar-refractivity contribution in [2.75, 3.05) is 0 Å². The zero-order valence-electron chi connectivity index (χ0n) is 6.83. The highest BCUT2D eigenvalue weighted by molar-refractivity contribution is 4.89. The molecule has 0 radical (unpaired) electrons. The minimum atomic E-state index is -4.00. The SMILES string of the molecule is C[C@@H]1CC[C@@](C)(C(F)(F)F)C1. The summed E-state index contributed by atoms with van der Waals surface area (Å²) in [6, 6.07) is 0. The summed E-state index contributed by atoms with van der Waals surface area (Å²) < 4.78 is 37.0. The third-order valence-electron chi connectivity index (χ3n) is 2.67. The highest BCUT2D eigenvalue weighted by atomic mass is 19.4. The van der Waals surface area contributed by atoms with Crippen molar-refractivity contribution in [3.8, 4) is 0 Å². The minimum Gasteiger partial charge on any atom is -0.171 e. The molecule has 0 bridgehead atoms. The lowest BCUT2D eigenvalue weighted by Crippen LogP contribution is -2.32. The third-order valence-corrected chi connectivity index (χ3v) is 2.67. The van der Waals surface area contributed by atoms with Crippen molar-refractivity contribution in [1.82, 2.24) is 0 Å². The van der Waals surface area contributed by atoms with Crippen LogP contribution in [0.25, 0.3) is 0 Å². The maximum Gasteiger partial charge on any atom is 0.394 e. The van der Waals surface area contributed by atoms with Gasteiger partial charge in [0.15, 0.2) is 0 Å². The molecule has 0 heterocycles. The van der Waals surface area contributed by atoms with E-state index in [0.29, 0.717) is 12.8 Å². The molecule has 2 atom stereocenters. The highest BCUT2D eigenvalue weighted by Gasteiger charge is 2.53. The number of alkyl halides is 3. The van der Waals surface area contributed by atoms with Crippen LogP contribution in [0.15, 0.2) is 0 Å². The summed E-state index contributed by atoms with van der Waals surface area (Å²) in [5.41, 5.74) is -1.40. The van der Waals surface area contributed by atoms with Gasteiger partial charge in [0.05, 0.1) is 5.41 Å². The number of hydrogen-bond donors (Lipinski definition) is 0. The summed E-state index contributed by atoms with van der Waals surface area (Å²) in [5, 5.41) is 0. The number of rotatable bonds is 0. The predicted molar refractivity (Wildman–Crippen MR) is 37.2 cm³/mol. The van der Waals surface area contributed by atoms with Crippen molar-refractivity contribution in [1.29, 1.82) is 0 Å². The van der Waals surface area contributed by atoms with E-state index in [4.69, 9.17) is 0 Å². The zero-order valence-corrected chi connectivity index (χ0v) is 6.83. The van der Waals surface area contributed by atoms with Crippen molar-refractivity contribution in [3.63, 3.8) is 0 Å². The monoisotopic (exact) mass is 166 g/mol. The van der Waals surface area contributed by atoms with E-state index in [1.807, 2.05) is 6.92 Å². The molecular formula is C8H13F3. The maximum absolute atomic E-state index is 12.3. The molecule has 1 fully saturated rings. The normalized spacial score (nSPS) is 39.5. The van der Waals surface area contributed by atoms with Crippen LogP contribution in [-0.4, -0.2) is 6.18 Å². The Kier molecular flexibility index (Phi) is 1.93. The third kappa shape index (κ3) is 1.52. The van der Waals surface area contributed by atoms with Crippen LogP contribution in [0.5, 0.6) is 0 Å². The van der Waals surface area contributed by atoms with Gasteiger partial charge < -0.3 is 0 Å². The Bertz CT molecular complexity index is 150. The van der Waals surface area contributed by atoms with Gasteiger partial charge in [-0.2, -0.15) is 13.2 Å². The van der Waals surface area contributed by atoms with Crippen LogP contribution in [0, 0.1) is 11.3 Å². The number of halogens is 3. The maximum atomic E-state index is 12.3. The summed E-state index contributed by atoms with van der Waals surface area (Å²) in [7, 11) is 0. The molecule has 0 aromatic heterocycles. The van der Waals surface area contributed by atoms with Gasteiger partial charge in [-0.05, 0) is 25.2 Å². The van der Waals surface area contributed by atoms with E-state index in [1.54, 1.807) is 0 Å². The van der Waals surface area contributed by atoms with Gasteiger partial charge in [-0.25, -0.2) is 0 Å². The molecule has 1 saturated carbocycles. The first-order valence-electron chi connectivity index (χ1n) is 3.92. The highest BCUT2D eigenvalue weighted by Crippen LogP contribution is 2.51. The first kappa shape index (κ1) is 8.88. The fourth-order valence-corrected chi connectivity index (χ4v) is 1.80. The quantitative estimate of drug-likeness (QED) is 0.517. The van der Waals surface area contributed by atoms with Crippen LogP contribution in [0.1, 0.15) is 33.1 Å². The van der Waals surface area contributed by atoms with E-state index in [0.717, 1.165) is 6.42 Å². The van der Waals surface area contributed by atoms with E-state index >= 15 is 0 Å². The van der Waals surface area contributed by atoms with Crippen molar-refractivity contribution < 1.29 is 13.2 Å². The first-order chi connectivity index (χ1) is 4.85. The molecule has 0 nitrogen and oxygen atoms in total. The molecule has 0 spiro atoms. The molecule has 0 aromatic rings. The predicted octanol–water partition coefficient (Wildman–Crippen LogP) is 3.38. The van der Waals surface area contributed by atoms with E-state index in [2.05, 4.69) is 0 Å². The van der Waals surface area contributed by atoms with Crippen LogP contribution in [0.3, 0.4) is 0 Å². The van der Waals surface area contributed by atoms with Crippen LogP contribution >= 0.6 is 0 Å². The molecular weight excluding hydrogens is 153 g/mol. The Morgan fingerprint density at radius 3 is 2.09 bits per heavy atom. The largest absolute Gasteiger partial charge is 0.394 e. The molecule has 0 aliphatic heterocycles. The average molecular weight is 166 g/mol. The Hall–Kier alpha value is -0.210. The number of hydrogen-bond acceptors (Lipinski definition) is 0. The van der Waals surface area contributed by atoms with E-state index < -0.39 is 11.6 Å². The molecule has 0 saturated heterocycles. The van der Waals surface area contributed by atoms with Gasteiger partial charge >= 0.3 is 6.18 Å². The second-order valence-electron chi connectivity index (χ2n) is 3.91. The zero-order chi connectivity index (χ0) is 8.70. The smallest absolute Gasteiger partial charge is 0.171 e. The molecule has 0 amide bonds. The molecule has 0 N–H and O–H groups in total. The second-order valence-corrected chi connectivity index (χ2v) is 3.91. The summed E-state index contributed by atoms with van der Waals surface area (Å²) in [6.45, 7) is 3.22. The molecule has 1 rings (SSSR count). The Labute approximate surface area is 64.8 Å². The van der Waals surface area contributed by atoms with Crippen molar-refractivity contribution in [2.45, 2.75) is 39.3 Å². The van der Waals surface area contributed by atoms with Gasteiger partial charge in [0.25, 0.3) is 0 Å². The fourth-order valence-electron chi connectivity index (χ4n) is 1.80. The Morgan fingerprint density at radius 2 is 1.91 bits per heavy atom. The minimum absolute atomic E-state index is 0.238. The summed E-state index contributed by atoms with van der Waals surface area (Å²) in [6.07, 6.45) is -2.68. The van der Waals surface area contributed by atoms with Crippen LogP contribution in [0.4, 0.5) is 13.2 Å². The summed E-state index contributed by atoms with van der Waals surface area (Å²) in [5.74, 6) is 0.238. The second kappa shape index (κ2) is 2.39. The van der Waals surface area contributed by atoms with Gasteiger partial charge in [-0.15, -0.1) is 0 Å². The molecule has 0 aromatic carbocycles. The lowest BCUT2D eigenvalue weighted by Gasteiger charge is -2.26. The van der Waals surface area contributed by atoms with E-state index in [9.17, 15) is 13.2 Å². The topological polar surface area (TPSA) is 0 Å². The standard InChI is InChI=1S/C8H13F3/c1-6-3-4-7(2,5-6)8(9,10)11/h6H,3-5H2,1-2H3/t6-,7-/m1/s1. The molecule has 11 heavy (non-hydrogen) atoms. The molecule has 0 unspecified atom stereocenters. The fraction of sp³-hybridized carbons (Fsp3) is 1.00. The van der Waals surface area contributed by atoms with Crippen LogP contribution < -0.4 is 0 Å². The lowest BCUT2D eigenvalue weighted by atomic mass is 9.87. The average Bonchev–Trinajstić information content (AvgIpc) is 2.10. The Morgan fingerprint density at radius 1 is 1.36 bits per heavy atom. The van der Waals surface area contributed by atoms with Gasteiger partial charge in [0.1, 0.15) is 0 Å². The van der Waals surface area contributed by atoms with Crippen molar-refractivity contribution in [2.24, 2.45) is 11.3 Å². The van der Waals surface area contributed by atoms with Gasteiger partial charge in [-0.3, -0.25) is 0 Å². The lowest BCUT2D eigenvalue weighted by molar-refractivity contribution is -0.216. The summed E-state index contributed by atoms with van der Waals surface area (Å²) in [4.78, 5) is 0. The van der Waals surface area contributed by atoms with Crippen LogP contribution in [-0.2, 0) is 0 Å². The van der Waals surface area contributed by atoms with Crippen molar-refractivity contribution in [3.05, 3.63) is 0 Å².